The van der Waals surface area contributed by atoms with E-state index in [1.807, 2.05) is 41.3 Å². The van der Waals surface area contributed by atoms with E-state index in [4.69, 9.17) is 9.47 Å². The summed E-state index contributed by atoms with van der Waals surface area (Å²) in [6, 6.07) is 13.5. The van der Waals surface area contributed by atoms with Gasteiger partial charge in [-0.3, -0.25) is 14.5 Å². The molecule has 36 heavy (non-hydrogen) atoms. The van der Waals surface area contributed by atoms with E-state index in [0.717, 1.165) is 56.7 Å². The Bertz CT molecular complexity index is 1030. The lowest BCUT2D eigenvalue weighted by Crippen LogP contribution is -2.40. The molecule has 1 saturated heterocycles. The molecule has 2 amide bonds. The molecular formula is C29H39N3O4. The zero-order valence-corrected chi connectivity index (χ0v) is 21.6. The molecule has 1 fully saturated rings. The molecule has 2 aliphatic heterocycles. The number of nitrogens with one attached hydrogen (secondary N) is 1. The fraction of sp³-hybridized carbons (Fsp3) is 0.517. The molecule has 0 aliphatic carbocycles. The van der Waals surface area contributed by atoms with Crippen molar-refractivity contribution in [1.29, 1.82) is 0 Å². The molecule has 2 aromatic rings. The number of amides is 2. The lowest BCUT2D eigenvalue weighted by molar-refractivity contribution is -0.116. The van der Waals surface area contributed by atoms with Crippen LogP contribution in [0.25, 0.3) is 0 Å². The summed E-state index contributed by atoms with van der Waals surface area (Å²) in [6.45, 7) is 5.64. The maximum Gasteiger partial charge on any atom is 0.255 e. The lowest BCUT2D eigenvalue weighted by Gasteiger charge is -2.36. The van der Waals surface area contributed by atoms with Crippen molar-refractivity contribution in [1.82, 2.24) is 4.90 Å². The molecule has 194 valence electrons. The molecule has 0 aromatic heterocycles. The van der Waals surface area contributed by atoms with Crippen molar-refractivity contribution < 1.29 is 19.1 Å². The normalized spacial score (nSPS) is 18.4. The van der Waals surface area contributed by atoms with Gasteiger partial charge in [-0.05, 0) is 68.1 Å². The number of anilines is 2. The first-order valence-corrected chi connectivity index (χ1v) is 13.2. The van der Waals surface area contributed by atoms with Gasteiger partial charge in [-0.25, -0.2) is 0 Å². The minimum Gasteiger partial charge on any atom is -0.497 e. The second-order valence-electron chi connectivity index (χ2n) is 9.78. The van der Waals surface area contributed by atoms with Crippen molar-refractivity contribution in [3.8, 4) is 5.75 Å². The minimum atomic E-state index is -0.177. The van der Waals surface area contributed by atoms with E-state index in [2.05, 4.69) is 10.2 Å². The van der Waals surface area contributed by atoms with E-state index in [0.29, 0.717) is 36.1 Å². The van der Waals surface area contributed by atoms with Crippen LogP contribution in [-0.4, -0.2) is 56.2 Å². The lowest BCUT2D eigenvalue weighted by atomic mass is 10.0. The van der Waals surface area contributed by atoms with Gasteiger partial charge in [0.25, 0.3) is 5.91 Å². The molecule has 7 nitrogen and oxygen atoms in total. The monoisotopic (exact) mass is 493 g/mol. The third-order valence-electron chi connectivity index (χ3n) is 7.25. The number of hydrogen-bond donors (Lipinski definition) is 1. The van der Waals surface area contributed by atoms with Crippen LogP contribution in [0.1, 0.15) is 67.8 Å². The van der Waals surface area contributed by atoms with E-state index in [1.54, 1.807) is 20.1 Å². The number of carbonyl (C=O) groups is 2. The SMILES string of the molecule is COc1cccc(NC(=O)c2ccc3c(c2)CN(C2CCOCC2)CCCCCCCN3C(C)=O)c1. The molecule has 0 spiro atoms. The fourth-order valence-corrected chi connectivity index (χ4v) is 5.24. The van der Waals surface area contributed by atoms with Gasteiger partial charge in [0.2, 0.25) is 5.91 Å². The first-order valence-electron chi connectivity index (χ1n) is 13.2. The van der Waals surface area contributed by atoms with Crippen LogP contribution < -0.4 is 15.0 Å². The van der Waals surface area contributed by atoms with Crippen molar-refractivity contribution in [2.45, 2.75) is 64.5 Å². The summed E-state index contributed by atoms with van der Waals surface area (Å²) in [6.07, 6.45) is 7.71. The highest BCUT2D eigenvalue weighted by Gasteiger charge is 2.25. The molecule has 0 bridgehead atoms. The first-order chi connectivity index (χ1) is 17.5. The maximum absolute atomic E-state index is 13.2. The van der Waals surface area contributed by atoms with Crippen LogP contribution in [0.5, 0.6) is 5.75 Å². The fourth-order valence-electron chi connectivity index (χ4n) is 5.24. The van der Waals surface area contributed by atoms with Crippen molar-refractivity contribution in [2.24, 2.45) is 0 Å². The molecule has 4 rings (SSSR count). The molecule has 0 saturated carbocycles. The number of hydrogen-bond acceptors (Lipinski definition) is 5. The van der Waals surface area contributed by atoms with E-state index in [9.17, 15) is 9.59 Å². The molecule has 7 heteroatoms. The summed E-state index contributed by atoms with van der Waals surface area (Å²) < 4.78 is 10.9. The van der Waals surface area contributed by atoms with Crippen LogP contribution >= 0.6 is 0 Å². The van der Waals surface area contributed by atoms with E-state index < -0.39 is 0 Å². The van der Waals surface area contributed by atoms with Crippen molar-refractivity contribution in [3.63, 3.8) is 0 Å². The molecule has 0 atom stereocenters. The summed E-state index contributed by atoms with van der Waals surface area (Å²) in [5.74, 6) is 0.554. The van der Waals surface area contributed by atoms with Gasteiger partial charge < -0.3 is 19.7 Å². The quantitative estimate of drug-likeness (QED) is 0.630. The smallest absolute Gasteiger partial charge is 0.255 e. The van der Waals surface area contributed by atoms with E-state index in [1.165, 1.54) is 19.3 Å². The van der Waals surface area contributed by atoms with Crippen LogP contribution in [0.4, 0.5) is 11.4 Å². The number of methoxy groups -OCH3 is 1. The Morgan fingerprint density at radius 3 is 2.47 bits per heavy atom. The van der Waals surface area contributed by atoms with Gasteiger partial charge in [-0.15, -0.1) is 0 Å². The largest absolute Gasteiger partial charge is 0.497 e. The van der Waals surface area contributed by atoms with Gasteiger partial charge >= 0.3 is 0 Å². The average Bonchev–Trinajstić information content (AvgIpc) is 2.89. The summed E-state index contributed by atoms with van der Waals surface area (Å²) in [4.78, 5) is 30.3. The Morgan fingerprint density at radius 2 is 1.72 bits per heavy atom. The topological polar surface area (TPSA) is 71.1 Å². The highest BCUT2D eigenvalue weighted by molar-refractivity contribution is 6.05. The molecule has 1 N–H and O–H groups in total. The number of benzene rings is 2. The Balaban J connectivity index is 1.66. The molecule has 0 radical (unpaired) electrons. The number of ether oxygens (including phenoxy) is 2. The Labute approximate surface area is 214 Å². The Hall–Kier alpha value is -2.90. The van der Waals surface area contributed by atoms with Crippen LogP contribution in [-0.2, 0) is 16.1 Å². The van der Waals surface area contributed by atoms with Crippen molar-refractivity contribution >= 4 is 23.2 Å². The second kappa shape index (κ2) is 12.9. The zero-order chi connectivity index (χ0) is 25.3. The number of nitrogens with zero attached hydrogens (tertiary/aromatic N) is 2. The first kappa shape index (κ1) is 26.2. The molecule has 2 heterocycles. The molecular weight excluding hydrogens is 454 g/mol. The average molecular weight is 494 g/mol. The minimum absolute atomic E-state index is 0.0412. The van der Waals surface area contributed by atoms with Gasteiger partial charge in [0.1, 0.15) is 5.75 Å². The Morgan fingerprint density at radius 1 is 0.972 bits per heavy atom. The highest BCUT2D eigenvalue weighted by atomic mass is 16.5. The van der Waals surface area contributed by atoms with Crippen LogP contribution in [0, 0.1) is 0 Å². The predicted molar refractivity (Wildman–Crippen MR) is 143 cm³/mol. The van der Waals surface area contributed by atoms with Crippen LogP contribution in [0.15, 0.2) is 42.5 Å². The van der Waals surface area contributed by atoms with Gasteiger partial charge in [-0.2, -0.15) is 0 Å². The summed E-state index contributed by atoms with van der Waals surface area (Å²) in [5, 5.41) is 2.99. The summed E-state index contributed by atoms with van der Waals surface area (Å²) in [7, 11) is 1.61. The maximum atomic E-state index is 13.2. The molecule has 2 aliphatic rings. The van der Waals surface area contributed by atoms with Gasteiger partial charge in [0.15, 0.2) is 0 Å². The number of carbonyl (C=O) groups excluding carboxylic acids is 2. The third kappa shape index (κ3) is 6.86. The van der Waals surface area contributed by atoms with E-state index in [-0.39, 0.29) is 11.8 Å². The van der Waals surface area contributed by atoms with Gasteiger partial charge in [-0.1, -0.05) is 25.3 Å². The van der Waals surface area contributed by atoms with Crippen molar-refractivity contribution in [3.05, 3.63) is 53.6 Å². The third-order valence-corrected chi connectivity index (χ3v) is 7.25. The van der Waals surface area contributed by atoms with Crippen LogP contribution in [0.2, 0.25) is 0 Å². The summed E-state index contributed by atoms with van der Waals surface area (Å²) in [5.41, 5.74) is 3.20. The summed E-state index contributed by atoms with van der Waals surface area (Å²) >= 11 is 0. The second-order valence-corrected chi connectivity index (χ2v) is 9.78. The van der Waals surface area contributed by atoms with E-state index >= 15 is 0 Å². The molecule has 2 aromatic carbocycles. The predicted octanol–water partition coefficient (Wildman–Crippen LogP) is 5.25. The van der Waals surface area contributed by atoms with Crippen molar-refractivity contribution in [2.75, 3.05) is 43.6 Å². The van der Waals surface area contributed by atoms with Crippen LogP contribution in [0.3, 0.4) is 0 Å². The Kier molecular flexibility index (Phi) is 9.36. The highest BCUT2D eigenvalue weighted by Crippen LogP contribution is 2.29. The number of rotatable bonds is 4. The van der Waals surface area contributed by atoms with Gasteiger partial charge in [0, 0.05) is 62.3 Å². The number of fused-ring (bicyclic) bond motifs is 1. The van der Waals surface area contributed by atoms with Gasteiger partial charge in [0.05, 0.1) is 7.11 Å². The zero-order valence-electron chi connectivity index (χ0n) is 21.6. The molecule has 0 unspecified atom stereocenters. The standard InChI is InChI=1S/C29H39N3O4/c1-22(33)32-16-7-5-3-4-6-15-31(26-13-17-36-18-14-26)21-24-19-23(11-12-28(24)32)29(34)30-25-9-8-10-27(20-25)35-2/h8-12,19-20,26H,3-7,13-18,21H2,1-2H3,(H,30,34).